The molecule has 0 saturated carbocycles. The quantitative estimate of drug-likeness (QED) is 0.711. The van der Waals surface area contributed by atoms with Crippen molar-refractivity contribution >= 4 is 34.5 Å². The summed E-state index contributed by atoms with van der Waals surface area (Å²) >= 11 is 7.55. The zero-order chi connectivity index (χ0) is 16.7. The molecule has 0 unspecified atom stereocenters. The molecule has 1 aromatic heterocycles. The fraction of sp³-hybridized carbons (Fsp3) is 0.333. The van der Waals surface area contributed by atoms with Crippen molar-refractivity contribution in [2.75, 3.05) is 32.2 Å². The first-order valence-corrected chi connectivity index (χ1v) is 8.27. The van der Waals surface area contributed by atoms with Crippen molar-refractivity contribution < 1.29 is 14.3 Å². The van der Waals surface area contributed by atoms with E-state index in [1.165, 1.54) is 11.3 Å². The lowest BCUT2D eigenvalue weighted by Crippen LogP contribution is -2.14. The van der Waals surface area contributed by atoms with Crippen LogP contribution in [0.4, 0.5) is 5.69 Å². The van der Waals surface area contributed by atoms with Crippen molar-refractivity contribution in [3.8, 4) is 5.75 Å². The summed E-state index contributed by atoms with van der Waals surface area (Å²) in [4.78, 5) is 16.6. The van der Waals surface area contributed by atoms with E-state index >= 15 is 0 Å². The van der Waals surface area contributed by atoms with Gasteiger partial charge in [-0.25, -0.2) is 4.98 Å². The lowest BCUT2D eigenvalue weighted by atomic mass is 10.2. The highest BCUT2D eigenvalue weighted by atomic mass is 35.5. The van der Waals surface area contributed by atoms with Gasteiger partial charge in [0, 0.05) is 18.9 Å². The molecular formula is C15H18ClN3O3S. The van der Waals surface area contributed by atoms with Crippen LogP contribution in [0, 0.1) is 0 Å². The van der Waals surface area contributed by atoms with Crippen molar-refractivity contribution in [3.63, 3.8) is 0 Å². The Morgan fingerprint density at radius 3 is 3.00 bits per heavy atom. The second-order valence-electron chi connectivity index (χ2n) is 4.58. The molecule has 0 atom stereocenters. The molecule has 0 spiro atoms. The van der Waals surface area contributed by atoms with Gasteiger partial charge in [-0.2, -0.15) is 0 Å². The molecule has 2 aromatic rings. The zero-order valence-electron chi connectivity index (χ0n) is 12.7. The number of carbonyl (C=O) groups excluding carboxylic acids is 1. The minimum atomic E-state index is -0.316. The number of anilines is 1. The van der Waals surface area contributed by atoms with Crippen molar-refractivity contribution in [2.45, 2.75) is 6.42 Å². The molecule has 2 rings (SSSR count). The number of ether oxygens (including phenoxy) is 2. The summed E-state index contributed by atoms with van der Waals surface area (Å²) in [5.41, 5.74) is 6.33. The van der Waals surface area contributed by atoms with Gasteiger partial charge in [0.2, 0.25) is 0 Å². The van der Waals surface area contributed by atoms with Crippen molar-refractivity contribution in [3.05, 3.63) is 39.3 Å². The van der Waals surface area contributed by atoms with Crippen molar-refractivity contribution in [1.82, 2.24) is 4.98 Å². The van der Waals surface area contributed by atoms with Gasteiger partial charge in [-0.05, 0) is 18.7 Å². The first-order valence-electron chi connectivity index (χ1n) is 7.01. The van der Waals surface area contributed by atoms with E-state index in [0.29, 0.717) is 48.3 Å². The molecule has 0 radical (unpaired) electrons. The number of thiazole rings is 1. The maximum atomic E-state index is 12.3. The van der Waals surface area contributed by atoms with Crippen molar-refractivity contribution in [1.29, 1.82) is 0 Å². The average molecular weight is 356 g/mol. The van der Waals surface area contributed by atoms with Gasteiger partial charge in [-0.15, -0.1) is 11.3 Å². The third-order valence-electron chi connectivity index (χ3n) is 2.89. The molecule has 8 heteroatoms. The maximum absolute atomic E-state index is 12.3. The summed E-state index contributed by atoms with van der Waals surface area (Å²) in [5, 5.41) is 5.73. The number of para-hydroxylation sites is 1. The molecule has 0 aliphatic heterocycles. The molecule has 0 fully saturated rings. The standard InChI is InChI=1S/C15H18ClN3O3S/c1-21-7-8-22-14-10(16)3-2-4-11(14)19-15(20)12-9-23-13(18-12)5-6-17/h2-4,9H,5-8,17H2,1H3,(H,19,20). The summed E-state index contributed by atoms with van der Waals surface area (Å²) in [7, 11) is 1.58. The zero-order valence-corrected chi connectivity index (χ0v) is 14.2. The van der Waals surface area contributed by atoms with Crippen molar-refractivity contribution in [2.24, 2.45) is 5.73 Å². The van der Waals surface area contributed by atoms with Crippen LogP contribution in [0.1, 0.15) is 15.5 Å². The summed E-state index contributed by atoms with van der Waals surface area (Å²) in [6, 6.07) is 5.16. The first-order chi connectivity index (χ1) is 11.2. The third-order valence-corrected chi connectivity index (χ3v) is 4.10. The molecule has 0 saturated heterocycles. The SMILES string of the molecule is COCCOc1c(Cl)cccc1NC(=O)c1csc(CCN)n1. The fourth-order valence-corrected chi connectivity index (χ4v) is 2.84. The molecule has 6 nitrogen and oxygen atoms in total. The molecule has 124 valence electrons. The van der Waals surface area contributed by atoms with Gasteiger partial charge in [-0.3, -0.25) is 4.79 Å². The van der Waals surface area contributed by atoms with Gasteiger partial charge < -0.3 is 20.5 Å². The van der Waals surface area contributed by atoms with Crippen LogP contribution in [-0.2, 0) is 11.2 Å². The number of carbonyl (C=O) groups is 1. The fourth-order valence-electron chi connectivity index (χ4n) is 1.82. The summed E-state index contributed by atoms with van der Waals surface area (Å²) < 4.78 is 10.5. The lowest BCUT2D eigenvalue weighted by molar-refractivity contribution is 0.102. The highest BCUT2D eigenvalue weighted by Crippen LogP contribution is 2.33. The highest BCUT2D eigenvalue weighted by Gasteiger charge is 2.15. The van der Waals surface area contributed by atoms with E-state index < -0.39 is 0 Å². The highest BCUT2D eigenvalue weighted by molar-refractivity contribution is 7.09. The molecule has 1 amide bonds. The number of amides is 1. The average Bonchev–Trinajstić information content (AvgIpc) is 2.99. The number of halogens is 1. The summed E-state index contributed by atoms with van der Waals surface area (Å²) in [6.45, 7) is 1.26. The van der Waals surface area contributed by atoms with Gasteiger partial charge in [0.1, 0.15) is 12.3 Å². The number of benzene rings is 1. The monoisotopic (exact) mass is 355 g/mol. The Labute approximate surface area is 143 Å². The van der Waals surface area contributed by atoms with Crippen LogP contribution in [0.25, 0.3) is 0 Å². The molecule has 0 bridgehead atoms. The molecule has 0 aliphatic rings. The Kier molecular flexibility index (Phi) is 6.79. The van der Waals surface area contributed by atoms with E-state index in [0.717, 1.165) is 5.01 Å². The Morgan fingerprint density at radius 2 is 2.26 bits per heavy atom. The van der Waals surface area contributed by atoms with Gasteiger partial charge in [0.25, 0.3) is 5.91 Å². The van der Waals surface area contributed by atoms with E-state index in [2.05, 4.69) is 10.3 Å². The van der Waals surface area contributed by atoms with Crippen LogP contribution < -0.4 is 15.8 Å². The second-order valence-corrected chi connectivity index (χ2v) is 5.93. The van der Waals surface area contributed by atoms with Gasteiger partial charge in [0.05, 0.1) is 22.3 Å². The Morgan fingerprint density at radius 1 is 1.43 bits per heavy atom. The Balaban J connectivity index is 2.11. The van der Waals surface area contributed by atoms with E-state index in [1.807, 2.05) is 0 Å². The molecule has 1 heterocycles. The van der Waals surface area contributed by atoms with Gasteiger partial charge in [0.15, 0.2) is 5.75 Å². The Hall–Kier alpha value is -1.67. The van der Waals surface area contributed by atoms with Crippen LogP contribution >= 0.6 is 22.9 Å². The predicted octanol–water partition coefficient (Wildman–Crippen LogP) is 2.58. The van der Waals surface area contributed by atoms with Crippen LogP contribution in [0.3, 0.4) is 0 Å². The molecule has 23 heavy (non-hydrogen) atoms. The number of hydrogen-bond donors (Lipinski definition) is 2. The molecule has 0 aliphatic carbocycles. The smallest absolute Gasteiger partial charge is 0.275 e. The number of nitrogens with one attached hydrogen (secondary N) is 1. The van der Waals surface area contributed by atoms with E-state index in [-0.39, 0.29) is 5.91 Å². The van der Waals surface area contributed by atoms with Gasteiger partial charge in [-0.1, -0.05) is 17.7 Å². The van der Waals surface area contributed by atoms with Crippen LogP contribution in [0.2, 0.25) is 5.02 Å². The van der Waals surface area contributed by atoms with Crippen LogP contribution in [-0.4, -0.2) is 37.8 Å². The molecule has 1 aromatic carbocycles. The molecule has 3 N–H and O–H groups in total. The van der Waals surface area contributed by atoms with Crippen LogP contribution in [0.15, 0.2) is 23.6 Å². The number of rotatable bonds is 8. The minimum Gasteiger partial charge on any atom is -0.487 e. The predicted molar refractivity (Wildman–Crippen MR) is 91.6 cm³/mol. The second kappa shape index (κ2) is 8.83. The first kappa shape index (κ1) is 17.7. The summed E-state index contributed by atoms with van der Waals surface area (Å²) in [5.74, 6) is 0.0976. The largest absolute Gasteiger partial charge is 0.487 e. The maximum Gasteiger partial charge on any atom is 0.275 e. The third kappa shape index (κ3) is 4.90. The number of hydrogen-bond acceptors (Lipinski definition) is 6. The topological polar surface area (TPSA) is 86.5 Å². The number of nitrogens with zero attached hydrogens (tertiary/aromatic N) is 1. The number of aromatic nitrogens is 1. The molecular weight excluding hydrogens is 338 g/mol. The number of nitrogens with two attached hydrogens (primary N) is 1. The van der Waals surface area contributed by atoms with E-state index in [9.17, 15) is 4.79 Å². The lowest BCUT2D eigenvalue weighted by Gasteiger charge is -2.13. The van der Waals surface area contributed by atoms with Gasteiger partial charge >= 0.3 is 0 Å². The normalized spacial score (nSPS) is 10.6. The summed E-state index contributed by atoms with van der Waals surface area (Å²) in [6.07, 6.45) is 0.653. The van der Waals surface area contributed by atoms with E-state index in [4.69, 9.17) is 26.8 Å². The number of methoxy groups -OCH3 is 1. The van der Waals surface area contributed by atoms with E-state index in [1.54, 1.807) is 30.7 Å². The Bertz CT molecular complexity index is 663. The van der Waals surface area contributed by atoms with Crippen LogP contribution in [0.5, 0.6) is 5.75 Å². The minimum absolute atomic E-state index is 0.316.